The Hall–Kier alpha value is -3.02. The van der Waals surface area contributed by atoms with Gasteiger partial charge < -0.3 is 9.47 Å². The van der Waals surface area contributed by atoms with Gasteiger partial charge in [0.1, 0.15) is 11.5 Å². The van der Waals surface area contributed by atoms with Crippen molar-refractivity contribution in [3.8, 4) is 11.5 Å². The molecule has 2 N–H and O–H groups in total. The number of benzene rings is 2. The number of hydrazine groups is 1. The molecule has 6 heteroatoms. The van der Waals surface area contributed by atoms with Crippen LogP contribution >= 0.6 is 0 Å². The number of para-hydroxylation sites is 1. The van der Waals surface area contributed by atoms with Gasteiger partial charge in [-0.1, -0.05) is 18.2 Å². The van der Waals surface area contributed by atoms with E-state index in [2.05, 4.69) is 10.9 Å². The number of carbonyl (C=O) groups excluding carboxylic acids is 2. The van der Waals surface area contributed by atoms with E-state index in [1.54, 1.807) is 55.6 Å². The lowest BCUT2D eigenvalue weighted by atomic mass is 10.2. The quantitative estimate of drug-likeness (QED) is 0.821. The summed E-state index contributed by atoms with van der Waals surface area (Å²) in [6.45, 7) is -0.188. The highest BCUT2D eigenvalue weighted by atomic mass is 16.5. The van der Waals surface area contributed by atoms with Crippen LogP contribution in [0.1, 0.15) is 10.4 Å². The molecule has 0 fully saturated rings. The zero-order valence-electron chi connectivity index (χ0n) is 12.0. The van der Waals surface area contributed by atoms with E-state index in [-0.39, 0.29) is 6.61 Å². The average molecular weight is 300 g/mol. The number of amides is 2. The van der Waals surface area contributed by atoms with Crippen molar-refractivity contribution in [1.82, 2.24) is 10.9 Å². The van der Waals surface area contributed by atoms with Crippen LogP contribution in [-0.4, -0.2) is 25.5 Å². The van der Waals surface area contributed by atoms with Crippen LogP contribution in [0.3, 0.4) is 0 Å². The number of hydrogen-bond donors (Lipinski definition) is 2. The summed E-state index contributed by atoms with van der Waals surface area (Å²) in [6.07, 6.45) is 0. The van der Waals surface area contributed by atoms with Gasteiger partial charge >= 0.3 is 0 Å². The minimum Gasteiger partial charge on any atom is -0.497 e. The van der Waals surface area contributed by atoms with Crippen LogP contribution in [0.5, 0.6) is 11.5 Å². The number of nitrogens with one attached hydrogen (secondary N) is 2. The van der Waals surface area contributed by atoms with Crippen LogP contribution < -0.4 is 20.3 Å². The molecule has 0 aliphatic rings. The first-order valence-corrected chi connectivity index (χ1v) is 6.60. The third kappa shape index (κ3) is 4.52. The molecule has 2 amide bonds. The topological polar surface area (TPSA) is 76.7 Å². The molecule has 0 saturated heterocycles. The highest BCUT2D eigenvalue weighted by Gasteiger charge is 2.08. The second kappa shape index (κ2) is 7.68. The second-order valence-electron chi connectivity index (χ2n) is 4.33. The molecule has 0 saturated carbocycles. The van der Waals surface area contributed by atoms with Crippen molar-refractivity contribution in [3.05, 3.63) is 60.2 Å². The normalized spacial score (nSPS) is 9.68. The molecule has 0 atom stereocenters. The molecule has 0 radical (unpaired) electrons. The molecule has 2 rings (SSSR count). The summed E-state index contributed by atoms with van der Waals surface area (Å²) in [5.74, 6) is 0.359. The van der Waals surface area contributed by atoms with E-state index in [0.717, 1.165) is 0 Å². The molecule has 0 aliphatic carbocycles. The fraction of sp³-hybridized carbons (Fsp3) is 0.125. The van der Waals surface area contributed by atoms with Crippen LogP contribution in [0.25, 0.3) is 0 Å². The maximum absolute atomic E-state index is 11.8. The van der Waals surface area contributed by atoms with Gasteiger partial charge in [0.05, 0.1) is 7.11 Å². The Balaban J connectivity index is 1.76. The van der Waals surface area contributed by atoms with Gasteiger partial charge in [0, 0.05) is 5.56 Å². The Morgan fingerprint density at radius 2 is 1.59 bits per heavy atom. The largest absolute Gasteiger partial charge is 0.497 e. The lowest BCUT2D eigenvalue weighted by Crippen LogP contribution is -2.43. The van der Waals surface area contributed by atoms with Crippen molar-refractivity contribution in [2.24, 2.45) is 0 Å². The van der Waals surface area contributed by atoms with E-state index in [1.807, 2.05) is 6.07 Å². The first-order chi connectivity index (χ1) is 10.7. The van der Waals surface area contributed by atoms with E-state index >= 15 is 0 Å². The fourth-order valence-corrected chi connectivity index (χ4v) is 1.64. The van der Waals surface area contributed by atoms with E-state index < -0.39 is 11.8 Å². The van der Waals surface area contributed by atoms with E-state index in [4.69, 9.17) is 9.47 Å². The standard InChI is InChI=1S/C16H16N2O4/c1-21-13-9-7-12(8-10-13)16(20)18-17-15(19)11-22-14-5-3-2-4-6-14/h2-10H,11H2,1H3,(H,17,19)(H,18,20). The number of carbonyl (C=O) groups is 2. The van der Waals surface area contributed by atoms with Gasteiger partial charge in [-0.05, 0) is 36.4 Å². The molecular formula is C16H16N2O4. The first-order valence-electron chi connectivity index (χ1n) is 6.60. The van der Waals surface area contributed by atoms with Crippen molar-refractivity contribution < 1.29 is 19.1 Å². The minimum absolute atomic E-state index is 0.188. The first kappa shape index (κ1) is 15.4. The van der Waals surface area contributed by atoms with Crippen LogP contribution in [0.15, 0.2) is 54.6 Å². The number of methoxy groups -OCH3 is 1. The molecule has 0 spiro atoms. The average Bonchev–Trinajstić information content (AvgIpc) is 2.58. The van der Waals surface area contributed by atoms with Crippen molar-refractivity contribution in [3.63, 3.8) is 0 Å². The van der Waals surface area contributed by atoms with E-state index in [0.29, 0.717) is 17.1 Å². The minimum atomic E-state index is -0.453. The molecule has 0 heterocycles. The third-order valence-corrected chi connectivity index (χ3v) is 2.78. The van der Waals surface area contributed by atoms with Crippen molar-refractivity contribution in [2.75, 3.05) is 13.7 Å². The van der Waals surface area contributed by atoms with Gasteiger partial charge in [0.25, 0.3) is 11.8 Å². The van der Waals surface area contributed by atoms with Gasteiger partial charge in [-0.15, -0.1) is 0 Å². The molecule has 22 heavy (non-hydrogen) atoms. The Kier molecular flexibility index (Phi) is 5.37. The number of ether oxygens (including phenoxy) is 2. The molecular weight excluding hydrogens is 284 g/mol. The smallest absolute Gasteiger partial charge is 0.276 e. The predicted octanol–water partition coefficient (Wildman–Crippen LogP) is 1.54. The van der Waals surface area contributed by atoms with Crippen molar-refractivity contribution in [2.45, 2.75) is 0 Å². The van der Waals surface area contributed by atoms with E-state index in [9.17, 15) is 9.59 Å². The van der Waals surface area contributed by atoms with E-state index in [1.165, 1.54) is 0 Å². The zero-order valence-corrected chi connectivity index (χ0v) is 12.0. The van der Waals surface area contributed by atoms with Crippen molar-refractivity contribution >= 4 is 11.8 Å². The zero-order chi connectivity index (χ0) is 15.8. The fourth-order valence-electron chi connectivity index (χ4n) is 1.64. The summed E-state index contributed by atoms with van der Waals surface area (Å²) < 4.78 is 10.3. The van der Waals surface area contributed by atoms with Crippen LogP contribution in [0.4, 0.5) is 0 Å². The summed E-state index contributed by atoms with van der Waals surface area (Å²) in [6, 6.07) is 15.5. The van der Waals surface area contributed by atoms with Crippen LogP contribution in [-0.2, 0) is 4.79 Å². The molecule has 2 aromatic rings. The lowest BCUT2D eigenvalue weighted by molar-refractivity contribution is -0.123. The third-order valence-electron chi connectivity index (χ3n) is 2.78. The predicted molar refractivity (Wildman–Crippen MR) is 80.5 cm³/mol. The molecule has 6 nitrogen and oxygen atoms in total. The lowest BCUT2D eigenvalue weighted by Gasteiger charge is -2.09. The van der Waals surface area contributed by atoms with Crippen LogP contribution in [0, 0.1) is 0 Å². The Bertz CT molecular complexity index is 626. The van der Waals surface area contributed by atoms with Crippen LogP contribution in [0.2, 0.25) is 0 Å². The summed E-state index contributed by atoms with van der Waals surface area (Å²) >= 11 is 0. The highest BCUT2D eigenvalue weighted by molar-refractivity contribution is 5.95. The van der Waals surface area contributed by atoms with Gasteiger partial charge in [-0.25, -0.2) is 0 Å². The molecule has 0 unspecified atom stereocenters. The highest BCUT2D eigenvalue weighted by Crippen LogP contribution is 2.11. The Morgan fingerprint density at radius 1 is 0.909 bits per heavy atom. The Morgan fingerprint density at radius 3 is 2.23 bits per heavy atom. The number of rotatable bonds is 5. The van der Waals surface area contributed by atoms with Gasteiger partial charge in [0.2, 0.25) is 0 Å². The molecule has 2 aromatic carbocycles. The SMILES string of the molecule is COc1ccc(C(=O)NNC(=O)COc2ccccc2)cc1. The van der Waals surface area contributed by atoms with Crippen molar-refractivity contribution in [1.29, 1.82) is 0 Å². The maximum Gasteiger partial charge on any atom is 0.276 e. The van der Waals surface area contributed by atoms with Gasteiger partial charge in [-0.2, -0.15) is 0 Å². The monoisotopic (exact) mass is 300 g/mol. The summed E-state index contributed by atoms with van der Waals surface area (Å²) in [7, 11) is 1.54. The summed E-state index contributed by atoms with van der Waals surface area (Å²) in [5.41, 5.74) is 5.01. The number of hydrogen-bond acceptors (Lipinski definition) is 4. The second-order valence-corrected chi connectivity index (χ2v) is 4.33. The molecule has 0 aliphatic heterocycles. The molecule has 114 valence electrons. The molecule has 0 bridgehead atoms. The maximum atomic E-state index is 11.8. The molecule has 0 aromatic heterocycles. The van der Waals surface area contributed by atoms with Gasteiger partial charge in [-0.3, -0.25) is 20.4 Å². The summed E-state index contributed by atoms with van der Waals surface area (Å²) in [5, 5.41) is 0. The Labute approximate surface area is 128 Å². The van der Waals surface area contributed by atoms with Gasteiger partial charge in [0.15, 0.2) is 6.61 Å². The summed E-state index contributed by atoms with van der Waals surface area (Å²) in [4.78, 5) is 23.4.